The maximum atomic E-state index is 10.7. The Bertz CT molecular complexity index is 239. The van der Waals surface area contributed by atoms with Gasteiger partial charge in [0.15, 0.2) is 6.73 Å². The Balaban J connectivity index is 3.31. The number of aliphatic imine (C=N–C) groups is 1. The first kappa shape index (κ1) is 11.1. The zero-order valence-electron chi connectivity index (χ0n) is 6.86. The van der Waals surface area contributed by atoms with Crippen LogP contribution >= 0.6 is 0 Å². The Labute approximate surface area is 74.8 Å². The Hall–Kier alpha value is -1.86. The molecule has 0 saturated carbocycles. The third-order valence-electron chi connectivity index (χ3n) is 1.05. The molecule has 0 bridgehead atoms. The van der Waals surface area contributed by atoms with Crippen LogP contribution in [0.2, 0.25) is 0 Å². The van der Waals surface area contributed by atoms with E-state index in [1.807, 2.05) is 0 Å². The summed E-state index contributed by atoms with van der Waals surface area (Å²) < 4.78 is 8.78. The standard InChI is InChI=1S/C7H8N2O4/c8-4-12-3-1-2-7(11)13-6-9-5-10/h1-3,6H2. The van der Waals surface area contributed by atoms with Gasteiger partial charge < -0.3 is 9.47 Å². The van der Waals surface area contributed by atoms with Crippen molar-refractivity contribution in [1.82, 2.24) is 0 Å². The number of carbonyl (C=O) groups excluding carboxylic acids is 2. The van der Waals surface area contributed by atoms with Crippen molar-refractivity contribution in [2.75, 3.05) is 13.3 Å². The first-order chi connectivity index (χ1) is 6.31. The zero-order chi connectivity index (χ0) is 9.94. The number of hydrogen-bond acceptors (Lipinski definition) is 6. The van der Waals surface area contributed by atoms with Crippen LogP contribution < -0.4 is 0 Å². The van der Waals surface area contributed by atoms with Crippen molar-refractivity contribution in [1.29, 1.82) is 5.26 Å². The van der Waals surface area contributed by atoms with Crippen LogP contribution in [0.4, 0.5) is 0 Å². The van der Waals surface area contributed by atoms with Gasteiger partial charge in [-0.3, -0.25) is 4.79 Å². The van der Waals surface area contributed by atoms with E-state index in [2.05, 4.69) is 14.5 Å². The first-order valence-electron chi connectivity index (χ1n) is 3.51. The lowest BCUT2D eigenvalue weighted by Gasteiger charge is -1.98. The van der Waals surface area contributed by atoms with E-state index in [0.29, 0.717) is 6.42 Å². The maximum absolute atomic E-state index is 10.7. The molecule has 0 amide bonds. The molecule has 0 N–H and O–H groups in total. The van der Waals surface area contributed by atoms with Crippen molar-refractivity contribution < 1.29 is 19.1 Å². The van der Waals surface area contributed by atoms with E-state index in [0.717, 1.165) is 0 Å². The summed E-state index contributed by atoms with van der Waals surface area (Å²) >= 11 is 0. The number of carbonyl (C=O) groups is 1. The van der Waals surface area contributed by atoms with Crippen LogP contribution in [-0.4, -0.2) is 25.4 Å². The molecule has 0 aliphatic heterocycles. The number of ether oxygens (including phenoxy) is 2. The lowest BCUT2D eigenvalue weighted by atomic mass is 10.3. The second-order valence-corrected chi connectivity index (χ2v) is 1.94. The minimum atomic E-state index is -0.486. The molecule has 0 aromatic heterocycles. The highest BCUT2D eigenvalue weighted by atomic mass is 16.5. The molecule has 0 aliphatic rings. The monoisotopic (exact) mass is 184 g/mol. The van der Waals surface area contributed by atoms with Crippen molar-refractivity contribution in [3.63, 3.8) is 0 Å². The molecule has 13 heavy (non-hydrogen) atoms. The van der Waals surface area contributed by atoms with Crippen molar-refractivity contribution >= 4 is 12.0 Å². The molecule has 0 rings (SSSR count). The summed E-state index contributed by atoms with van der Waals surface area (Å²) in [6.07, 6.45) is 3.24. The van der Waals surface area contributed by atoms with Crippen LogP contribution in [0.15, 0.2) is 4.99 Å². The van der Waals surface area contributed by atoms with Gasteiger partial charge in [0.2, 0.25) is 6.08 Å². The van der Waals surface area contributed by atoms with Crippen LogP contribution in [0.1, 0.15) is 12.8 Å². The molecule has 0 spiro atoms. The Morgan fingerprint density at radius 1 is 1.54 bits per heavy atom. The second kappa shape index (κ2) is 8.24. The fourth-order valence-corrected chi connectivity index (χ4v) is 0.537. The van der Waals surface area contributed by atoms with Gasteiger partial charge in [0.25, 0.3) is 6.26 Å². The van der Waals surface area contributed by atoms with E-state index < -0.39 is 5.97 Å². The van der Waals surface area contributed by atoms with Gasteiger partial charge >= 0.3 is 5.97 Å². The quantitative estimate of drug-likeness (QED) is 0.192. The van der Waals surface area contributed by atoms with Gasteiger partial charge in [0.05, 0.1) is 0 Å². The third-order valence-corrected chi connectivity index (χ3v) is 1.05. The fraction of sp³-hybridized carbons (Fsp3) is 0.571. The summed E-state index contributed by atoms with van der Waals surface area (Å²) in [5.41, 5.74) is 0. The van der Waals surface area contributed by atoms with Gasteiger partial charge in [0, 0.05) is 6.42 Å². The van der Waals surface area contributed by atoms with Crippen LogP contribution in [0, 0.1) is 11.5 Å². The third kappa shape index (κ3) is 8.04. The van der Waals surface area contributed by atoms with E-state index >= 15 is 0 Å². The zero-order valence-corrected chi connectivity index (χ0v) is 6.86. The number of nitrogens with zero attached hydrogens (tertiary/aromatic N) is 2. The van der Waals surface area contributed by atoms with Crippen LogP contribution in [-0.2, 0) is 19.1 Å². The molecule has 6 nitrogen and oxygen atoms in total. The molecule has 0 saturated heterocycles. The maximum Gasteiger partial charge on any atom is 0.307 e. The predicted octanol–water partition coefficient (Wildman–Crippen LogP) is 0.101. The molecule has 0 aromatic carbocycles. The van der Waals surface area contributed by atoms with Crippen molar-refractivity contribution in [3.05, 3.63) is 0 Å². The number of nitriles is 1. The van der Waals surface area contributed by atoms with Crippen LogP contribution in [0.25, 0.3) is 0 Å². The van der Waals surface area contributed by atoms with Gasteiger partial charge in [-0.2, -0.15) is 10.3 Å². The van der Waals surface area contributed by atoms with E-state index in [-0.39, 0.29) is 19.8 Å². The molecule has 0 aromatic rings. The molecule has 0 radical (unpaired) electrons. The molecule has 70 valence electrons. The lowest BCUT2D eigenvalue weighted by molar-refractivity contribution is -0.143. The average Bonchev–Trinajstić information content (AvgIpc) is 2.13. The smallest absolute Gasteiger partial charge is 0.307 e. The molecule has 0 unspecified atom stereocenters. The summed E-state index contributed by atoms with van der Waals surface area (Å²) in [6.45, 7) is -0.121. The Kier molecular flexibility index (Phi) is 7.06. The van der Waals surface area contributed by atoms with E-state index in [4.69, 9.17) is 5.26 Å². The molecule has 6 heteroatoms. The van der Waals surface area contributed by atoms with E-state index in [1.165, 1.54) is 12.3 Å². The minimum Gasteiger partial charge on any atom is -0.442 e. The highest BCUT2D eigenvalue weighted by Crippen LogP contribution is 1.93. The van der Waals surface area contributed by atoms with Crippen LogP contribution in [0.5, 0.6) is 0 Å². The molecule has 0 aliphatic carbocycles. The Morgan fingerprint density at radius 3 is 2.92 bits per heavy atom. The number of rotatable bonds is 6. The number of isocyanates is 1. The summed E-state index contributed by atoms with van der Waals surface area (Å²) in [7, 11) is 0. The van der Waals surface area contributed by atoms with Gasteiger partial charge in [-0.15, -0.1) is 0 Å². The molecular weight excluding hydrogens is 176 g/mol. The highest BCUT2D eigenvalue weighted by Gasteiger charge is 2.01. The highest BCUT2D eigenvalue weighted by molar-refractivity contribution is 5.69. The normalized spacial score (nSPS) is 7.92. The van der Waals surface area contributed by atoms with E-state index in [1.54, 1.807) is 0 Å². The fourth-order valence-electron chi connectivity index (χ4n) is 0.537. The van der Waals surface area contributed by atoms with Gasteiger partial charge in [-0.25, -0.2) is 4.79 Å². The van der Waals surface area contributed by atoms with Crippen molar-refractivity contribution in [3.8, 4) is 6.26 Å². The number of esters is 1. The van der Waals surface area contributed by atoms with Gasteiger partial charge in [-0.1, -0.05) is 0 Å². The predicted molar refractivity (Wildman–Crippen MR) is 39.9 cm³/mol. The summed E-state index contributed by atoms with van der Waals surface area (Å²) in [4.78, 5) is 23.3. The summed E-state index contributed by atoms with van der Waals surface area (Å²) in [6, 6.07) is 0. The topological polar surface area (TPSA) is 88.8 Å². The van der Waals surface area contributed by atoms with E-state index in [9.17, 15) is 9.59 Å². The van der Waals surface area contributed by atoms with Crippen molar-refractivity contribution in [2.24, 2.45) is 4.99 Å². The number of hydrogen-bond donors (Lipinski definition) is 0. The second-order valence-electron chi connectivity index (χ2n) is 1.94. The van der Waals surface area contributed by atoms with Gasteiger partial charge in [0.1, 0.15) is 6.61 Å². The minimum absolute atomic E-state index is 0.135. The van der Waals surface area contributed by atoms with Crippen molar-refractivity contribution in [2.45, 2.75) is 12.8 Å². The van der Waals surface area contributed by atoms with Gasteiger partial charge in [-0.05, 0) is 6.42 Å². The molecule has 0 heterocycles. The molecular formula is C7H8N2O4. The summed E-state index contributed by atoms with van der Waals surface area (Å²) in [5.74, 6) is -0.486. The SMILES string of the molecule is N#COCCCC(=O)OCN=C=O. The summed E-state index contributed by atoms with van der Waals surface area (Å²) in [5, 5.41) is 7.96. The van der Waals surface area contributed by atoms with Crippen LogP contribution in [0.3, 0.4) is 0 Å². The molecule has 0 atom stereocenters. The average molecular weight is 184 g/mol. The largest absolute Gasteiger partial charge is 0.442 e. The lowest BCUT2D eigenvalue weighted by Crippen LogP contribution is -2.05. The molecule has 0 fully saturated rings. The Morgan fingerprint density at radius 2 is 2.31 bits per heavy atom. The first-order valence-corrected chi connectivity index (χ1v) is 3.51.